The molecule has 1 saturated carbocycles. The van der Waals surface area contributed by atoms with E-state index >= 15 is 0 Å². The SMILES string of the molecule is O=C(Nc1c(Cl)cccc1Cl)c1cncc(NC2CCCC2)c1. The Hall–Kier alpha value is -1.78. The summed E-state index contributed by atoms with van der Waals surface area (Å²) in [6, 6.07) is 7.35. The Labute approximate surface area is 145 Å². The first-order valence-electron chi connectivity index (χ1n) is 7.60. The van der Waals surface area contributed by atoms with Crippen LogP contribution in [0.4, 0.5) is 11.4 Å². The molecule has 0 bridgehead atoms. The van der Waals surface area contributed by atoms with Gasteiger partial charge < -0.3 is 10.6 Å². The van der Waals surface area contributed by atoms with Crippen molar-refractivity contribution < 1.29 is 4.79 Å². The molecule has 0 aliphatic heterocycles. The number of rotatable bonds is 4. The first-order chi connectivity index (χ1) is 11.1. The van der Waals surface area contributed by atoms with Crippen LogP contribution < -0.4 is 10.6 Å². The summed E-state index contributed by atoms with van der Waals surface area (Å²) in [5.74, 6) is -0.289. The van der Waals surface area contributed by atoms with Crippen molar-refractivity contribution in [1.82, 2.24) is 4.98 Å². The molecule has 0 unspecified atom stereocenters. The van der Waals surface area contributed by atoms with Gasteiger partial charge in [-0.05, 0) is 31.0 Å². The van der Waals surface area contributed by atoms with E-state index in [0.717, 1.165) is 18.5 Å². The summed E-state index contributed by atoms with van der Waals surface area (Å²) in [6.07, 6.45) is 8.07. The largest absolute Gasteiger partial charge is 0.381 e. The minimum Gasteiger partial charge on any atom is -0.381 e. The van der Waals surface area contributed by atoms with Gasteiger partial charge >= 0.3 is 0 Å². The van der Waals surface area contributed by atoms with Gasteiger partial charge in [0.25, 0.3) is 5.91 Å². The molecule has 1 aliphatic carbocycles. The molecule has 0 radical (unpaired) electrons. The lowest BCUT2D eigenvalue weighted by molar-refractivity contribution is 0.102. The third-order valence-corrected chi connectivity index (χ3v) is 4.56. The third kappa shape index (κ3) is 3.95. The fraction of sp³-hybridized carbons (Fsp3) is 0.294. The number of benzene rings is 1. The van der Waals surface area contributed by atoms with Gasteiger partial charge in [-0.3, -0.25) is 9.78 Å². The molecular formula is C17H17Cl2N3O. The summed E-state index contributed by atoms with van der Waals surface area (Å²) in [4.78, 5) is 16.6. The predicted octanol–water partition coefficient (Wildman–Crippen LogP) is 5.00. The Morgan fingerprint density at radius 1 is 1.13 bits per heavy atom. The molecule has 1 amide bonds. The molecule has 120 valence electrons. The lowest BCUT2D eigenvalue weighted by atomic mass is 10.2. The van der Waals surface area contributed by atoms with Crippen LogP contribution in [0.5, 0.6) is 0 Å². The Morgan fingerprint density at radius 3 is 2.52 bits per heavy atom. The summed E-state index contributed by atoms with van der Waals surface area (Å²) in [5, 5.41) is 6.98. The molecule has 0 spiro atoms. The number of halogens is 2. The Bertz CT molecular complexity index is 694. The highest BCUT2D eigenvalue weighted by molar-refractivity contribution is 6.40. The third-order valence-electron chi connectivity index (χ3n) is 3.93. The van der Waals surface area contributed by atoms with Crippen molar-refractivity contribution >= 4 is 40.5 Å². The van der Waals surface area contributed by atoms with E-state index in [2.05, 4.69) is 15.6 Å². The van der Waals surface area contributed by atoms with Crippen LogP contribution in [0.2, 0.25) is 10.0 Å². The molecule has 1 heterocycles. The quantitative estimate of drug-likeness (QED) is 0.816. The van der Waals surface area contributed by atoms with Crippen LogP contribution in [0.3, 0.4) is 0 Å². The Balaban J connectivity index is 1.74. The molecule has 2 N–H and O–H groups in total. The van der Waals surface area contributed by atoms with Crippen LogP contribution in [-0.4, -0.2) is 16.9 Å². The number of pyridine rings is 1. The number of carbonyl (C=O) groups is 1. The van der Waals surface area contributed by atoms with Gasteiger partial charge in [-0.1, -0.05) is 42.1 Å². The highest BCUT2D eigenvalue weighted by Gasteiger charge is 2.16. The minimum absolute atomic E-state index is 0.289. The average molecular weight is 350 g/mol. The van der Waals surface area contributed by atoms with Gasteiger partial charge in [0.05, 0.1) is 27.0 Å². The second-order valence-electron chi connectivity index (χ2n) is 5.64. The van der Waals surface area contributed by atoms with Crippen molar-refractivity contribution in [3.05, 3.63) is 52.3 Å². The van der Waals surface area contributed by atoms with Gasteiger partial charge in [0.1, 0.15) is 0 Å². The number of aromatic nitrogens is 1. The van der Waals surface area contributed by atoms with Crippen molar-refractivity contribution in [3.8, 4) is 0 Å². The molecule has 0 saturated heterocycles. The molecule has 0 atom stereocenters. The van der Waals surface area contributed by atoms with E-state index in [-0.39, 0.29) is 5.91 Å². The maximum absolute atomic E-state index is 12.4. The van der Waals surface area contributed by atoms with Gasteiger partial charge in [-0.15, -0.1) is 0 Å². The average Bonchev–Trinajstić information content (AvgIpc) is 3.04. The minimum atomic E-state index is -0.289. The summed E-state index contributed by atoms with van der Waals surface area (Å²) >= 11 is 12.2. The van der Waals surface area contributed by atoms with Crippen LogP contribution in [0.25, 0.3) is 0 Å². The number of amides is 1. The van der Waals surface area contributed by atoms with Crippen molar-refractivity contribution in [1.29, 1.82) is 0 Å². The zero-order valence-electron chi connectivity index (χ0n) is 12.5. The van der Waals surface area contributed by atoms with Crippen LogP contribution in [0.15, 0.2) is 36.7 Å². The van der Waals surface area contributed by atoms with Gasteiger partial charge in [-0.2, -0.15) is 0 Å². The lowest BCUT2D eigenvalue weighted by Gasteiger charge is -2.14. The smallest absolute Gasteiger partial charge is 0.257 e. The number of nitrogens with zero attached hydrogens (tertiary/aromatic N) is 1. The van der Waals surface area contributed by atoms with Gasteiger partial charge in [0.15, 0.2) is 0 Å². The predicted molar refractivity (Wildman–Crippen MR) is 94.5 cm³/mol. The van der Waals surface area contributed by atoms with Crippen LogP contribution in [0, 0.1) is 0 Å². The standard InChI is InChI=1S/C17H17Cl2N3O/c18-14-6-3-7-15(19)16(14)22-17(23)11-8-13(10-20-9-11)21-12-4-1-2-5-12/h3,6-10,12,21H,1-2,4-5H2,(H,22,23). The monoisotopic (exact) mass is 349 g/mol. The maximum atomic E-state index is 12.4. The highest BCUT2D eigenvalue weighted by atomic mass is 35.5. The van der Waals surface area contributed by atoms with E-state index in [9.17, 15) is 4.79 Å². The molecule has 1 fully saturated rings. The fourth-order valence-electron chi connectivity index (χ4n) is 2.75. The number of para-hydroxylation sites is 1. The number of nitrogens with one attached hydrogen (secondary N) is 2. The molecule has 2 aromatic rings. The molecule has 1 aliphatic rings. The van der Waals surface area contributed by atoms with E-state index in [1.165, 1.54) is 19.0 Å². The Kier molecular flexibility index (Phi) is 5.03. The summed E-state index contributed by atoms with van der Waals surface area (Å²) in [5.41, 5.74) is 1.73. The molecule has 3 rings (SSSR count). The Morgan fingerprint density at radius 2 is 1.83 bits per heavy atom. The molecule has 23 heavy (non-hydrogen) atoms. The molecular weight excluding hydrogens is 333 g/mol. The number of hydrogen-bond acceptors (Lipinski definition) is 3. The summed E-state index contributed by atoms with van der Waals surface area (Å²) in [7, 11) is 0. The second kappa shape index (κ2) is 7.20. The topological polar surface area (TPSA) is 54.0 Å². The number of hydrogen-bond donors (Lipinski definition) is 2. The fourth-order valence-corrected chi connectivity index (χ4v) is 3.24. The van der Waals surface area contributed by atoms with E-state index in [1.807, 2.05) is 0 Å². The van der Waals surface area contributed by atoms with Crippen molar-refractivity contribution in [3.63, 3.8) is 0 Å². The van der Waals surface area contributed by atoms with Crippen molar-refractivity contribution in [2.45, 2.75) is 31.7 Å². The molecule has 6 heteroatoms. The summed E-state index contributed by atoms with van der Waals surface area (Å²) < 4.78 is 0. The molecule has 1 aromatic carbocycles. The highest BCUT2D eigenvalue weighted by Crippen LogP contribution is 2.30. The first kappa shape index (κ1) is 16.1. The zero-order chi connectivity index (χ0) is 16.2. The van der Waals surface area contributed by atoms with Crippen LogP contribution in [-0.2, 0) is 0 Å². The van der Waals surface area contributed by atoms with Gasteiger partial charge in [0.2, 0.25) is 0 Å². The van der Waals surface area contributed by atoms with E-state index in [4.69, 9.17) is 23.2 Å². The van der Waals surface area contributed by atoms with Crippen LogP contribution in [0.1, 0.15) is 36.0 Å². The van der Waals surface area contributed by atoms with Crippen molar-refractivity contribution in [2.24, 2.45) is 0 Å². The zero-order valence-corrected chi connectivity index (χ0v) is 14.0. The molecule has 4 nitrogen and oxygen atoms in total. The summed E-state index contributed by atoms with van der Waals surface area (Å²) in [6.45, 7) is 0. The first-order valence-corrected chi connectivity index (χ1v) is 8.36. The van der Waals surface area contributed by atoms with Crippen LogP contribution >= 0.6 is 23.2 Å². The van der Waals surface area contributed by atoms with Crippen molar-refractivity contribution in [2.75, 3.05) is 10.6 Å². The van der Waals surface area contributed by atoms with E-state index < -0.39 is 0 Å². The molecule has 1 aromatic heterocycles. The van der Waals surface area contributed by atoms with E-state index in [1.54, 1.807) is 30.5 Å². The lowest BCUT2D eigenvalue weighted by Crippen LogP contribution is -2.16. The van der Waals surface area contributed by atoms with E-state index in [0.29, 0.717) is 27.3 Å². The number of carbonyl (C=O) groups excluding carboxylic acids is 1. The second-order valence-corrected chi connectivity index (χ2v) is 6.45. The van der Waals surface area contributed by atoms with Gasteiger partial charge in [0, 0.05) is 18.4 Å². The normalized spacial score (nSPS) is 14.7. The number of anilines is 2. The maximum Gasteiger partial charge on any atom is 0.257 e. The van der Waals surface area contributed by atoms with Gasteiger partial charge in [-0.25, -0.2) is 0 Å².